The Bertz CT molecular complexity index is 935. The molecule has 7 nitrogen and oxygen atoms in total. The standard InChI is InChI=1S/C24H35F2N5O2/c1-6-16(21-18-11-9-7-8-10-17(18)15(2)28-29-21)12-13-24(3,4)27-22(32)19-14-20(31(5)30-19)33-23(25)26/h7,9-11,14-16,21,23,28-29H,6,8,12-13H2,1-5H3,(H,27,32)/t15?,16-,21?/m1/s1. The summed E-state index contributed by atoms with van der Waals surface area (Å²) in [7, 11) is 1.46. The minimum atomic E-state index is -2.97. The molecule has 9 heteroatoms. The molecule has 3 N–H and O–H groups in total. The summed E-state index contributed by atoms with van der Waals surface area (Å²) in [6, 6.07) is 1.65. The van der Waals surface area contributed by atoms with Crippen molar-refractivity contribution in [1.29, 1.82) is 0 Å². The molecule has 2 unspecified atom stereocenters. The second-order valence-electron chi connectivity index (χ2n) is 9.35. The normalized spacial score (nSPS) is 21.7. The Morgan fingerprint density at radius 3 is 2.82 bits per heavy atom. The minimum absolute atomic E-state index is 0.0468. The number of nitrogens with one attached hydrogen (secondary N) is 3. The molecule has 1 aliphatic heterocycles. The van der Waals surface area contributed by atoms with Crippen LogP contribution in [0.25, 0.3) is 0 Å². The number of ether oxygens (including phenoxy) is 1. The number of halogens is 2. The highest BCUT2D eigenvalue weighted by molar-refractivity contribution is 5.93. The second kappa shape index (κ2) is 10.6. The summed E-state index contributed by atoms with van der Waals surface area (Å²) < 4.78 is 30.5. The molecular weight excluding hydrogens is 428 g/mol. The molecule has 0 spiro atoms. The first-order chi connectivity index (χ1) is 15.6. The fraction of sp³-hybridized carbons (Fsp3) is 0.583. The zero-order valence-electron chi connectivity index (χ0n) is 20.0. The van der Waals surface area contributed by atoms with E-state index in [0.29, 0.717) is 5.92 Å². The van der Waals surface area contributed by atoms with Crippen molar-refractivity contribution >= 4 is 5.91 Å². The quantitative estimate of drug-likeness (QED) is 0.516. The number of alkyl halides is 2. The van der Waals surface area contributed by atoms with Gasteiger partial charge in [-0.2, -0.15) is 13.9 Å². The van der Waals surface area contributed by atoms with Crippen molar-refractivity contribution in [3.05, 3.63) is 47.2 Å². The fourth-order valence-corrected chi connectivity index (χ4v) is 4.46. The maximum atomic E-state index is 12.7. The van der Waals surface area contributed by atoms with Crippen molar-refractivity contribution in [2.45, 2.75) is 77.6 Å². The topological polar surface area (TPSA) is 80.2 Å². The Kier molecular flexibility index (Phi) is 8.07. The van der Waals surface area contributed by atoms with E-state index in [-0.39, 0.29) is 23.7 Å². The van der Waals surface area contributed by atoms with Crippen LogP contribution in [0.1, 0.15) is 63.9 Å². The summed E-state index contributed by atoms with van der Waals surface area (Å²) >= 11 is 0. The molecule has 0 radical (unpaired) electrons. The first kappa shape index (κ1) is 25.1. The molecule has 2 aliphatic rings. The number of allylic oxidation sites excluding steroid dienone is 4. The summed E-state index contributed by atoms with van der Waals surface area (Å²) in [6.45, 7) is 5.29. The van der Waals surface area contributed by atoms with Crippen LogP contribution in [0.4, 0.5) is 8.78 Å². The zero-order valence-corrected chi connectivity index (χ0v) is 20.0. The lowest BCUT2D eigenvalue weighted by atomic mass is 9.79. The van der Waals surface area contributed by atoms with Crippen molar-refractivity contribution in [2.75, 3.05) is 0 Å². The number of hydrogen-bond acceptors (Lipinski definition) is 5. The third kappa shape index (κ3) is 6.29. The highest BCUT2D eigenvalue weighted by Crippen LogP contribution is 2.32. The summed E-state index contributed by atoms with van der Waals surface area (Å²) in [6.07, 6.45) is 12.4. The number of amides is 1. The summed E-state index contributed by atoms with van der Waals surface area (Å²) in [5, 5.41) is 6.99. The molecule has 0 bridgehead atoms. The predicted molar refractivity (Wildman–Crippen MR) is 124 cm³/mol. The summed E-state index contributed by atoms with van der Waals surface area (Å²) in [4.78, 5) is 12.7. The third-order valence-corrected chi connectivity index (χ3v) is 6.34. The van der Waals surface area contributed by atoms with Crippen molar-refractivity contribution in [2.24, 2.45) is 13.0 Å². The number of nitrogens with zero attached hydrogens (tertiary/aromatic N) is 2. The number of aromatic nitrogens is 2. The van der Waals surface area contributed by atoms with Gasteiger partial charge >= 0.3 is 6.61 Å². The van der Waals surface area contributed by atoms with Crippen LogP contribution in [0.15, 0.2) is 41.5 Å². The maximum Gasteiger partial charge on any atom is 0.388 e. The van der Waals surface area contributed by atoms with Gasteiger partial charge in [0.05, 0.1) is 0 Å². The van der Waals surface area contributed by atoms with E-state index >= 15 is 0 Å². The van der Waals surface area contributed by atoms with Crippen LogP contribution in [-0.4, -0.2) is 39.9 Å². The van der Waals surface area contributed by atoms with Crippen LogP contribution in [0.5, 0.6) is 5.88 Å². The van der Waals surface area contributed by atoms with E-state index < -0.39 is 18.1 Å². The van der Waals surface area contributed by atoms with Gasteiger partial charge in [-0.1, -0.05) is 37.6 Å². The molecule has 1 fully saturated rings. The van der Waals surface area contributed by atoms with Crippen LogP contribution >= 0.6 is 0 Å². The van der Waals surface area contributed by atoms with E-state index in [1.807, 2.05) is 13.8 Å². The molecule has 182 valence electrons. The highest BCUT2D eigenvalue weighted by atomic mass is 19.3. The van der Waals surface area contributed by atoms with Gasteiger partial charge in [-0.25, -0.2) is 10.1 Å². The molecule has 1 aromatic rings. The Hall–Kier alpha value is -2.52. The van der Waals surface area contributed by atoms with E-state index in [1.165, 1.54) is 24.3 Å². The highest BCUT2D eigenvalue weighted by Gasteiger charge is 2.33. The van der Waals surface area contributed by atoms with Crippen LogP contribution < -0.4 is 20.9 Å². The van der Waals surface area contributed by atoms with Crippen molar-refractivity contribution < 1.29 is 18.3 Å². The number of hydrogen-bond donors (Lipinski definition) is 3. The zero-order chi connectivity index (χ0) is 24.2. The van der Waals surface area contributed by atoms with Crippen molar-refractivity contribution in [1.82, 2.24) is 25.9 Å². The molecule has 1 saturated heterocycles. The smallest absolute Gasteiger partial charge is 0.388 e. The molecule has 3 rings (SSSR count). The van der Waals surface area contributed by atoms with Gasteiger partial charge in [-0.3, -0.25) is 10.2 Å². The van der Waals surface area contributed by atoms with Crippen LogP contribution in [0.3, 0.4) is 0 Å². The molecule has 0 saturated carbocycles. The van der Waals surface area contributed by atoms with E-state index in [0.717, 1.165) is 30.4 Å². The lowest BCUT2D eigenvalue weighted by Crippen LogP contribution is -2.56. The van der Waals surface area contributed by atoms with Gasteiger partial charge in [-0.05, 0) is 57.1 Å². The average Bonchev–Trinajstić information content (AvgIpc) is 2.95. The van der Waals surface area contributed by atoms with Gasteiger partial charge in [0, 0.05) is 30.7 Å². The lowest BCUT2D eigenvalue weighted by molar-refractivity contribution is -0.0553. The fourth-order valence-electron chi connectivity index (χ4n) is 4.46. The van der Waals surface area contributed by atoms with Crippen LogP contribution in [0.2, 0.25) is 0 Å². The van der Waals surface area contributed by atoms with Gasteiger partial charge in [0.15, 0.2) is 5.69 Å². The average molecular weight is 464 g/mol. The molecule has 33 heavy (non-hydrogen) atoms. The Morgan fingerprint density at radius 1 is 1.36 bits per heavy atom. The summed E-state index contributed by atoms with van der Waals surface area (Å²) in [5.41, 5.74) is 9.13. The van der Waals surface area contributed by atoms with Gasteiger partial charge in [0.25, 0.3) is 5.91 Å². The molecule has 3 atom stereocenters. The first-order valence-corrected chi connectivity index (χ1v) is 11.5. The lowest BCUT2D eigenvalue weighted by Gasteiger charge is -2.39. The van der Waals surface area contributed by atoms with E-state index in [4.69, 9.17) is 0 Å². The monoisotopic (exact) mass is 463 g/mol. The predicted octanol–water partition coefficient (Wildman–Crippen LogP) is 4.01. The van der Waals surface area contributed by atoms with Crippen LogP contribution in [-0.2, 0) is 7.05 Å². The molecule has 2 heterocycles. The number of aryl methyl sites for hydroxylation is 1. The Balaban J connectivity index is 1.64. The van der Waals surface area contributed by atoms with Gasteiger partial charge < -0.3 is 10.1 Å². The molecule has 1 amide bonds. The maximum absolute atomic E-state index is 12.7. The number of fused-ring (bicyclic) bond motifs is 1. The Morgan fingerprint density at radius 2 is 2.12 bits per heavy atom. The largest absolute Gasteiger partial charge is 0.417 e. The van der Waals surface area contributed by atoms with Gasteiger partial charge in [0.1, 0.15) is 0 Å². The number of hydrazine groups is 1. The minimum Gasteiger partial charge on any atom is -0.417 e. The number of rotatable bonds is 9. The van der Waals surface area contributed by atoms with E-state index in [9.17, 15) is 13.6 Å². The van der Waals surface area contributed by atoms with Gasteiger partial charge in [-0.15, -0.1) is 0 Å². The van der Waals surface area contributed by atoms with Crippen molar-refractivity contribution in [3.8, 4) is 5.88 Å². The first-order valence-electron chi connectivity index (χ1n) is 11.5. The molecular formula is C24H35F2N5O2. The van der Waals surface area contributed by atoms with Gasteiger partial charge in [0.2, 0.25) is 5.88 Å². The third-order valence-electron chi connectivity index (χ3n) is 6.34. The van der Waals surface area contributed by atoms with Crippen molar-refractivity contribution in [3.63, 3.8) is 0 Å². The summed E-state index contributed by atoms with van der Waals surface area (Å²) in [5.74, 6) is -0.206. The van der Waals surface area contributed by atoms with E-state index in [1.54, 1.807) is 0 Å². The molecule has 1 aliphatic carbocycles. The number of carbonyl (C=O) groups excluding carboxylic acids is 1. The molecule has 0 aromatic carbocycles. The van der Waals surface area contributed by atoms with Crippen LogP contribution in [0, 0.1) is 5.92 Å². The Labute approximate surface area is 194 Å². The second-order valence-corrected chi connectivity index (χ2v) is 9.35. The van der Waals surface area contributed by atoms with E-state index in [2.05, 4.69) is 64.2 Å². The molecule has 1 aromatic heterocycles. The number of carbonyl (C=O) groups is 1. The SMILES string of the molecule is CC[C@H](CCC(C)(C)NC(=O)c1cc(OC(F)F)n(C)n1)C1NNC(C)C2=CCC=CC=C21.